The predicted octanol–water partition coefficient (Wildman–Crippen LogP) is 4.64. The molecule has 0 atom stereocenters. The van der Waals surface area contributed by atoms with Crippen molar-refractivity contribution in [1.82, 2.24) is 19.4 Å². The quantitative estimate of drug-likeness (QED) is 0.427. The molecule has 0 radical (unpaired) electrons. The van der Waals surface area contributed by atoms with Gasteiger partial charge >= 0.3 is 0 Å². The van der Waals surface area contributed by atoms with Gasteiger partial charge in [0.25, 0.3) is 11.5 Å². The molecule has 2 N–H and O–H groups in total. The largest absolute Gasteiger partial charge is 0.307 e. The van der Waals surface area contributed by atoms with Crippen LogP contribution >= 0.6 is 0 Å². The summed E-state index contributed by atoms with van der Waals surface area (Å²) in [6, 6.07) is 27.9. The minimum absolute atomic E-state index is 0.338. The number of aromatic amines is 1. The van der Waals surface area contributed by atoms with Crippen molar-refractivity contribution in [2.24, 2.45) is 0 Å². The molecule has 0 bridgehead atoms. The van der Waals surface area contributed by atoms with E-state index < -0.39 is 0 Å². The number of benzene rings is 3. The zero-order chi connectivity index (χ0) is 22.4. The number of imidazole rings is 1. The molecule has 6 aromatic rings. The van der Waals surface area contributed by atoms with E-state index in [9.17, 15) is 9.59 Å². The number of carbonyl (C=O) groups is 1. The summed E-state index contributed by atoms with van der Waals surface area (Å²) in [5.74, 6) is 0.369. The summed E-state index contributed by atoms with van der Waals surface area (Å²) in [7, 11) is 0. The number of hydrogen-bond donors (Lipinski definition) is 2. The van der Waals surface area contributed by atoms with Gasteiger partial charge in [-0.15, -0.1) is 0 Å². The lowest BCUT2D eigenvalue weighted by Gasteiger charge is -2.12. The zero-order valence-electron chi connectivity index (χ0n) is 17.3. The fraction of sp³-hybridized carbons (Fsp3) is 0. The van der Waals surface area contributed by atoms with E-state index in [0.717, 1.165) is 22.0 Å². The number of hydrogen-bond acceptors (Lipinski definition) is 4. The summed E-state index contributed by atoms with van der Waals surface area (Å²) in [4.78, 5) is 37.8. The van der Waals surface area contributed by atoms with Crippen LogP contribution in [0.1, 0.15) is 10.4 Å². The Hall–Kier alpha value is -4.78. The first-order valence-corrected chi connectivity index (χ1v) is 10.4. The van der Waals surface area contributed by atoms with E-state index in [2.05, 4.69) is 15.3 Å². The molecular weight excluding hydrogens is 414 g/mol. The van der Waals surface area contributed by atoms with Crippen molar-refractivity contribution in [2.75, 3.05) is 5.32 Å². The van der Waals surface area contributed by atoms with Gasteiger partial charge in [0.15, 0.2) is 0 Å². The fourth-order valence-corrected chi connectivity index (χ4v) is 4.08. The smallest absolute Gasteiger partial charge is 0.257 e. The Morgan fingerprint density at radius 1 is 0.818 bits per heavy atom. The molecule has 0 unspecified atom stereocenters. The van der Waals surface area contributed by atoms with E-state index >= 15 is 0 Å². The Kier molecular flexibility index (Phi) is 4.26. The predicted molar refractivity (Wildman–Crippen MR) is 128 cm³/mol. The standard InChI is InChI=1S/C26H17N5O2/c32-24-15-23(31-22-13-7-6-12-20(22)28-26(31)30-24)29-25(33)18-14-21(16-8-2-1-3-9-16)27-19-11-5-4-10-17(18)19/h1-15H,(H,29,33)(H,28,30,32). The summed E-state index contributed by atoms with van der Waals surface area (Å²) in [6.07, 6.45) is 0. The van der Waals surface area contributed by atoms with Crippen LogP contribution in [0.15, 0.2) is 95.8 Å². The van der Waals surface area contributed by atoms with E-state index in [1.54, 1.807) is 10.5 Å². The van der Waals surface area contributed by atoms with Crippen LogP contribution in [0.5, 0.6) is 0 Å². The highest BCUT2D eigenvalue weighted by atomic mass is 16.2. The number of para-hydroxylation sites is 3. The van der Waals surface area contributed by atoms with Crippen LogP contribution in [-0.2, 0) is 0 Å². The van der Waals surface area contributed by atoms with Crippen LogP contribution in [0, 0.1) is 0 Å². The van der Waals surface area contributed by atoms with Crippen LogP contribution in [0.2, 0.25) is 0 Å². The highest BCUT2D eigenvalue weighted by molar-refractivity contribution is 6.13. The summed E-state index contributed by atoms with van der Waals surface area (Å²) in [5, 5.41) is 3.66. The first-order chi connectivity index (χ1) is 16.2. The van der Waals surface area contributed by atoms with Crippen molar-refractivity contribution in [2.45, 2.75) is 0 Å². The van der Waals surface area contributed by atoms with Crippen LogP contribution in [-0.4, -0.2) is 25.3 Å². The molecule has 0 spiro atoms. The van der Waals surface area contributed by atoms with Crippen LogP contribution in [0.25, 0.3) is 39.0 Å². The molecule has 158 valence electrons. The third-order valence-electron chi connectivity index (χ3n) is 5.58. The van der Waals surface area contributed by atoms with Crippen LogP contribution < -0.4 is 10.9 Å². The van der Waals surface area contributed by atoms with Gasteiger partial charge in [-0.2, -0.15) is 0 Å². The normalized spacial score (nSPS) is 11.3. The lowest BCUT2D eigenvalue weighted by molar-refractivity contribution is 0.102. The van der Waals surface area contributed by atoms with Crippen molar-refractivity contribution < 1.29 is 4.79 Å². The van der Waals surface area contributed by atoms with Gasteiger partial charge in [-0.25, -0.2) is 9.97 Å². The van der Waals surface area contributed by atoms with E-state index in [1.807, 2.05) is 78.9 Å². The monoisotopic (exact) mass is 431 g/mol. The molecule has 3 aromatic heterocycles. The summed E-state index contributed by atoms with van der Waals surface area (Å²) in [5.41, 5.74) is 3.95. The number of aromatic nitrogens is 4. The fourth-order valence-electron chi connectivity index (χ4n) is 4.08. The number of nitrogens with one attached hydrogen (secondary N) is 2. The summed E-state index contributed by atoms with van der Waals surface area (Å²) >= 11 is 0. The summed E-state index contributed by atoms with van der Waals surface area (Å²) < 4.78 is 1.73. The zero-order valence-corrected chi connectivity index (χ0v) is 17.3. The van der Waals surface area contributed by atoms with Gasteiger partial charge in [0.05, 0.1) is 27.8 Å². The van der Waals surface area contributed by atoms with Gasteiger partial charge in [-0.1, -0.05) is 60.7 Å². The minimum atomic E-state index is -0.349. The average molecular weight is 431 g/mol. The third kappa shape index (κ3) is 3.23. The first-order valence-electron chi connectivity index (χ1n) is 10.4. The number of rotatable bonds is 3. The molecule has 0 aliphatic carbocycles. The molecule has 0 saturated heterocycles. The number of fused-ring (bicyclic) bond motifs is 4. The molecule has 0 aliphatic rings. The Morgan fingerprint density at radius 2 is 1.55 bits per heavy atom. The molecular formula is C26H17N5O2. The molecule has 33 heavy (non-hydrogen) atoms. The average Bonchev–Trinajstić information content (AvgIpc) is 3.22. The Balaban J connectivity index is 1.52. The van der Waals surface area contributed by atoms with E-state index in [1.165, 1.54) is 6.07 Å². The molecule has 3 heterocycles. The van der Waals surface area contributed by atoms with Gasteiger partial charge in [0.2, 0.25) is 5.78 Å². The third-order valence-corrected chi connectivity index (χ3v) is 5.58. The van der Waals surface area contributed by atoms with Gasteiger partial charge in [0.1, 0.15) is 5.82 Å². The molecule has 7 nitrogen and oxygen atoms in total. The maximum atomic E-state index is 13.5. The second-order valence-corrected chi connectivity index (χ2v) is 7.67. The maximum absolute atomic E-state index is 13.5. The molecule has 6 rings (SSSR count). The summed E-state index contributed by atoms with van der Waals surface area (Å²) in [6.45, 7) is 0. The lowest BCUT2D eigenvalue weighted by atomic mass is 10.0. The van der Waals surface area contributed by atoms with Gasteiger partial charge in [0, 0.05) is 17.0 Å². The molecule has 3 aromatic carbocycles. The topological polar surface area (TPSA) is 92.1 Å². The van der Waals surface area contributed by atoms with Crippen LogP contribution in [0.3, 0.4) is 0 Å². The van der Waals surface area contributed by atoms with Crippen molar-refractivity contribution in [1.29, 1.82) is 0 Å². The van der Waals surface area contributed by atoms with Crippen molar-refractivity contribution in [3.63, 3.8) is 0 Å². The number of pyridine rings is 1. The van der Waals surface area contributed by atoms with E-state index in [-0.39, 0.29) is 11.5 Å². The van der Waals surface area contributed by atoms with Gasteiger partial charge < -0.3 is 5.32 Å². The number of amides is 1. The van der Waals surface area contributed by atoms with Crippen molar-refractivity contribution in [3.8, 4) is 11.3 Å². The molecule has 7 heteroatoms. The molecule has 0 saturated carbocycles. The van der Waals surface area contributed by atoms with Gasteiger partial charge in [-0.3, -0.25) is 19.0 Å². The lowest BCUT2D eigenvalue weighted by Crippen LogP contribution is -2.18. The number of nitrogens with zero attached hydrogens (tertiary/aromatic N) is 3. The minimum Gasteiger partial charge on any atom is -0.307 e. The maximum Gasteiger partial charge on any atom is 0.257 e. The van der Waals surface area contributed by atoms with Crippen molar-refractivity contribution in [3.05, 3.63) is 107 Å². The Labute approximate surface area is 187 Å². The highest BCUT2D eigenvalue weighted by Gasteiger charge is 2.17. The van der Waals surface area contributed by atoms with Gasteiger partial charge in [-0.05, 0) is 24.3 Å². The number of carbonyl (C=O) groups excluding carboxylic acids is 1. The van der Waals surface area contributed by atoms with E-state index in [4.69, 9.17) is 4.98 Å². The Bertz CT molecular complexity index is 1730. The van der Waals surface area contributed by atoms with Crippen LogP contribution in [0.4, 0.5) is 5.82 Å². The Morgan fingerprint density at radius 3 is 2.39 bits per heavy atom. The molecule has 0 fully saturated rings. The number of H-pyrrole nitrogens is 1. The SMILES string of the molecule is O=C(Nc1cc(=O)[nH]c2nc3ccccc3n12)c1cc(-c2ccccc2)nc2ccccc12. The van der Waals surface area contributed by atoms with Crippen molar-refractivity contribution >= 4 is 39.4 Å². The van der Waals surface area contributed by atoms with E-state index in [0.29, 0.717) is 28.4 Å². The molecule has 1 amide bonds. The highest BCUT2D eigenvalue weighted by Crippen LogP contribution is 2.26. The second kappa shape index (κ2) is 7.42. The number of anilines is 1. The first kappa shape index (κ1) is 18.9. The second-order valence-electron chi connectivity index (χ2n) is 7.67. The molecule has 0 aliphatic heterocycles.